The molecule has 11 nitrogen and oxygen atoms in total. The number of pyridine rings is 1. The van der Waals surface area contributed by atoms with Gasteiger partial charge in [-0.3, -0.25) is 23.1 Å². The van der Waals surface area contributed by atoms with Crippen LogP contribution in [-0.4, -0.2) is 57.2 Å². The number of rotatable bonds is 4. The van der Waals surface area contributed by atoms with Gasteiger partial charge in [-0.1, -0.05) is 0 Å². The zero-order valence-electron chi connectivity index (χ0n) is 21.8. The van der Waals surface area contributed by atoms with Crippen molar-refractivity contribution in [3.05, 3.63) is 62.2 Å². The van der Waals surface area contributed by atoms with Crippen LogP contribution in [0.4, 0.5) is 4.39 Å². The van der Waals surface area contributed by atoms with Crippen molar-refractivity contribution in [2.75, 3.05) is 11.5 Å². The number of carbonyl (C=O) groups excluding carboxylic acids is 1. The van der Waals surface area contributed by atoms with Crippen LogP contribution in [-0.2, 0) is 0 Å². The predicted octanol–water partition coefficient (Wildman–Crippen LogP) is 2.73. The van der Waals surface area contributed by atoms with Crippen molar-refractivity contribution in [1.29, 1.82) is 0 Å². The Bertz CT molecular complexity index is 1700. The van der Waals surface area contributed by atoms with Gasteiger partial charge >= 0.3 is 5.69 Å². The van der Waals surface area contributed by atoms with Gasteiger partial charge in [-0.25, -0.2) is 19.2 Å². The van der Waals surface area contributed by atoms with Crippen LogP contribution in [0.1, 0.15) is 72.6 Å². The Morgan fingerprint density at radius 3 is 2.46 bits per heavy atom. The van der Waals surface area contributed by atoms with Gasteiger partial charge in [0.15, 0.2) is 0 Å². The molecular weight excluding hydrogens is 523 g/mol. The lowest BCUT2D eigenvalue weighted by molar-refractivity contribution is 0.0909. The maximum atomic E-state index is 14.1. The van der Waals surface area contributed by atoms with Crippen LogP contribution in [0.2, 0.25) is 0 Å². The van der Waals surface area contributed by atoms with Gasteiger partial charge in [-0.2, -0.15) is 11.8 Å². The maximum Gasteiger partial charge on any atom is 0.333 e. The first-order chi connectivity index (χ1) is 18.8. The highest BCUT2D eigenvalue weighted by Gasteiger charge is 2.30. The smallest absolute Gasteiger partial charge is 0.333 e. The zero-order valence-corrected chi connectivity index (χ0v) is 22.6. The number of aryl methyl sites for hydroxylation is 2. The number of nitrogens with one attached hydrogen (secondary N) is 1. The molecule has 13 heteroatoms. The third-order valence-corrected chi connectivity index (χ3v) is 8.82. The molecule has 1 amide bonds. The number of hydrogen-bond donors (Lipinski definition) is 1. The van der Waals surface area contributed by atoms with Gasteiger partial charge in [-0.05, 0) is 76.0 Å². The van der Waals surface area contributed by atoms with Gasteiger partial charge in [0.25, 0.3) is 17.2 Å². The number of thioether (sulfide) groups is 1. The number of nitrogens with zero attached hydrogens (tertiary/aromatic N) is 7. The molecule has 1 saturated heterocycles. The van der Waals surface area contributed by atoms with E-state index < -0.39 is 11.4 Å². The molecule has 1 saturated carbocycles. The fourth-order valence-electron chi connectivity index (χ4n) is 5.90. The first-order valence-corrected chi connectivity index (χ1v) is 14.4. The monoisotopic (exact) mass is 552 g/mol. The largest absolute Gasteiger partial charge is 0.347 e. The van der Waals surface area contributed by atoms with Crippen LogP contribution >= 0.6 is 11.8 Å². The number of hydrogen-bond acceptors (Lipinski definition) is 8. The Morgan fingerprint density at radius 2 is 1.72 bits per heavy atom. The molecule has 4 aromatic heterocycles. The first-order valence-electron chi connectivity index (χ1n) is 13.2. The molecule has 0 aromatic carbocycles. The lowest BCUT2D eigenvalue weighted by Crippen LogP contribution is -2.46. The molecule has 0 radical (unpaired) electrons. The number of amides is 1. The highest BCUT2D eigenvalue weighted by molar-refractivity contribution is 7.99. The second-order valence-electron chi connectivity index (χ2n) is 10.4. The number of fused-ring (bicyclic) bond motifs is 2. The van der Waals surface area contributed by atoms with E-state index in [1.54, 1.807) is 8.97 Å². The maximum absolute atomic E-state index is 14.1. The minimum Gasteiger partial charge on any atom is -0.347 e. The minimum atomic E-state index is -0.608. The Labute approximate surface area is 226 Å². The summed E-state index contributed by atoms with van der Waals surface area (Å²) in [4.78, 5) is 48.8. The molecule has 0 spiro atoms. The van der Waals surface area contributed by atoms with E-state index in [0.717, 1.165) is 41.9 Å². The molecule has 5 heterocycles. The summed E-state index contributed by atoms with van der Waals surface area (Å²) < 4.78 is 18.7. The summed E-state index contributed by atoms with van der Waals surface area (Å²) in [6.07, 6.45) is 4.85. The van der Waals surface area contributed by atoms with Crippen molar-refractivity contribution in [2.45, 2.75) is 70.5 Å². The molecule has 2 aliphatic rings. The highest BCUT2D eigenvalue weighted by atomic mass is 32.2. The summed E-state index contributed by atoms with van der Waals surface area (Å²) in [6.45, 7) is 3.73. The van der Waals surface area contributed by atoms with Crippen LogP contribution in [0.15, 0.2) is 27.9 Å². The SMILES string of the molecule is Cc1cc(C)n2c(C(=O)NC3CCC(n4c(=O)c5cc(F)cnc5n(C5CCSCC5)c4=O)CC3)nnc2n1. The molecule has 0 unspecified atom stereocenters. The number of carbonyl (C=O) groups is 1. The van der Waals surface area contributed by atoms with E-state index in [1.807, 2.05) is 31.7 Å². The van der Waals surface area contributed by atoms with E-state index in [9.17, 15) is 18.8 Å². The van der Waals surface area contributed by atoms with Crippen LogP contribution in [0.25, 0.3) is 16.8 Å². The van der Waals surface area contributed by atoms with E-state index in [2.05, 4.69) is 25.5 Å². The average Bonchev–Trinajstić information content (AvgIpc) is 3.35. The van der Waals surface area contributed by atoms with Gasteiger partial charge in [0, 0.05) is 29.5 Å². The van der Waals surface area contributed by atoms with Crippen molar-refractivity contribution in [1.82, 2.24) is 39.0 Å². The van der Waals surface area contributed by atoms with Crippen molar-refractivity contribution in [3.8, 4) is 0 Å². The van der Waals surface area contributed by atoms with E-state index in [0.29, 0.717) is 31.5 Å². The van der Waals surface area contributed by atoms with Crippen LogP contribution in [0, 0.1) is 19.7 Å². The minimum absolute atomic E-state index is 0.0820. The third kappa shape index (κ3) is 4.62. The summed E-state index contributed by atoms with van der Waals surface area (Å²) in [5.74, 6) is 1.42. The Balaban J connectivity index is 1.25. The van der Waals surface area contributed by atoms with Gasteiger partial charge in [0.05, 0.1) is 11.6 Å². The van der Waals surface area contributed by atoms with E-state index in [-0.39, 0.29) is 46.6 Å². The van der Waals surface area contributed by atoms with Crippen molar-refractivity contribution < 1.29 is 9.18 Å². The van der Waals surface area contributed by atoms with E-state index >= 15 is 0 Å². The van der Waals surface area contributed by atoms with Crippen LogP contribution < -0.4 is 16.6 Å². The zero-order chi connectivity index (χ0) is 27.3. The fourth-order valence-corrected chi connectivity index (χ4v) is 6.99. The second-order valence-corrected chi connectivity index (χ2v) is 11.6. The van der Waals surface area contributed by atoms with Gasteiger partial charge in [-0.15, -0.1) is 10.2 Å². The number of aromatic nitrogens is 7. The molecule has 39 heavy (non-hydrogen) atoms. The molecule has 6 rings (SSSR count). The number of halogens is 1. The summed E-state index contributed by atoms with van der Waals surface area (Å²) in [5.41, 5.74) is 0.960. The third-order valence-electron chi connectivity index (χ3n) is 7.77. The van der Waals surface area contributed by atoms with Gasteiger partial charge in [0.2, 0.25) is 5.82 Å². The topological polar surface area (TPSA) is 129 Å². The quantitative estimate of drug-likeness (QED) is 0.409. The van der Waals surface area contributed by atoms with Crippen LogP contribution in [0.3, 0.4) is 0 Å². The summed E-state index contributed by atoms with van der Waals surface area (Å²) in [7, 11) is 0. The molecule has 204 valence electrons. The molecule has 0 atom stereocenters. The van der Waals surface area contributed by atoms with Crippen LogP contribution in [0.5, 0.6) is 0 Å². The van der Waals surface area contributed by atoms with Gasteiger partial charge in [0.1, 0.15) is 11.5 Å². The predicted molar refractivity (Wildman–Crippen MR) is 145 cm³/mol. The van der Waals surface area contributed by atoms with Gasteiger partial charge < -0.3 is 5.32 Å². The highest BCUT2D eigenvalue weighted by Crippen LogP contribution is 2.30. The van der Waals surface area contributed by atoms with Crippen molar-refractivity contribution >= 4 is 34.5 Å². The van der Waals surface area contributed by atoms with Crippen molar-refractivity contribution in [2.24, 2.45) is 0 Å². The lowest BCUT2D eigenvalue weighted by Gasteiger charge is -2.31. The van der Waals surface area contributed by atoms with E-state index in [1.165, 1.54) is 10.6 Å². The summed E-state index contributed by atoms with van der Waals surface area (Å²) >= 11 is 1.84. The molecule has 4 aromatic rings. The molecular formula is C26H29FN8O3S. The summed E-state index contributed by atoms with van der Waals surface area (Å²) in [6, 6.07) is 2.47. The second kappa shape index (κ2) is 10.2. The Morgan fingerprint density at radius 1 is 1.00 bits per heavy atom. The fraction of sp³-hybridized carbons (Fsp3) is 0.500. The molecule has 1 aliphatic carbocycles. The normalized spacial score (nSPS) is 20.5. The Hall–Kier alpha value is -3.61. The standard InChI is InChI=1S/C26H29FN8O3S/c1-14-11-15(2)33-22(31-32-25(33)29-14)23(36)30-17-3-5-18(6-4-17)35-24(37)20-12-16(27)13-28-21(20)34(26(35)38)19-7-9-39-10-8-19/h11-13,17-19H,3-10H2,1-2H3,(H,30,36). The lowest BCUT2D eigenvalue weighted by atomic mass is 9.91. The van der Waals surface area contributed by atoms with E-state index in [4.69, 9.17) is 0 Å². The molecule has 2 fully saturated rings. The summed E-state index contributed by atoms with van der Waals surface area (Å²) in [5, 5.41) is 11.2. The Kier molecular flexibility index (Phi) is 6.69. The molecule has 0 bridgehead atoms. The van der Waals surface area contributed by atoms with Crippen molar-refractivity contribution in [3.63, 3.8) is 0 Å². The molecule has 1 N–H and O–H groups in total. The average molecular weight is 553 g/mol. The molecule has 1 aliphatic heterocycles. The first kappa shape index (κ1) is 25.7.